The van der Waals surface area contributed by atoms with Gasteiger partial charge in [-0.15, -0.1) is 0 Å². The third kappa shape index (κ3) is 0.750. The summed E-state index contributed by atoms with van der Waals surface area (Å²) in [4.78, 5) is 4.46. The molecule has 0 fully saturated rings. The molecule has 14 heavy (non-hydrogen) atoms. The van der Waals surface area contributed by atoms with Gasteiger partial charge in [-0.1, -0.05) is 6.07 Å². The molecule has 3 rings (SSSR count). The van der Waals surface area contributed by atoms with Crippen LogP contribution in [0.25, 0.3) is 16.7 Å². The van der Waals surface area contributed by atoms with E-state index < -0.39 is 0 Å². The highest BCUT2D eigenvalue weighted by Crippen LogP contribution is 2.23. The lowest BCUT2D eigenvalue weighted by molar-refractivity contribution is 0.941. The predicted octanol–water partition coefficient (Wildman–Crippen LogP) is 1.41. The number of fused-ring (bicyclic) bond motifs is 3. The van der Waals surface area contributed by atoms with Gasteiger partial charge in [0, 0.05) is 19.4 Å². The molecule has 4 nitrogen and oxygen atoms in total. The average Bonchev–Trinajstić information content (AvgIpc) is 2.65. The minimum atomic E-state index is 0.749. The topological polar surface area (TPSA) is 48.2 Å². The number of anilines is 1. The number of nitrogens with two attached hydrogens (primary N) is 1. The first-order valence-corrected chi connectivity index (χ1v) is 4.45. The molecule has 0 unspecified atom stereocenters. The molecule has 0 aliphatic carbocycles. The van der Waals surface area contributed by atoms with E-state index in [2.05, 4.69) is 4.98 Å². The molecule has 3 aromatic heterocycles. The summed E-state index contributed by atoms with van der Waals surface area (Å²) in [6.07, 6.45) is 3.92. The van der Waals surface area contributed by atoms with E-state index in [1.54, 1.807) is 0 Å². The van der Waals surface area contributed by atoms with E-state index in [4.69, 9.17) is 5.73 Å². The van der Waals surface area contributed by atoms with Crippen molar-refractivity contribution in [2.75, 3.05) is 5.73 Å². The molecule has 0 amide bonds. The molecule has 0 bridgehead atoms. The highest BCUT2D eigenvalue weighted by atomic mass is 15.1. The fraction of sp³-hybridized carbons (Fsp3) is 0.100. The van der Waals surface area contributed by atoms with Crippen molar-refractivity contribution in [3.05, 3.63) is 30.6 Å². The van der Waals surface area contributed by atoms with Crippen molar-refractivity contribution in [3.63, 3.8) is 0 Å². The Morgan fingerprint density at radius 3 is 3.07 bits per heavy atom. The lowest BCUT2D eigenvalue weighted by Crippen LogP contribution is -1.96. The van der Waals surface area contributed by atoms with Gasteiger partial charge in [0.25, 0.3) is 0 Å². The van der Waals surface area contributed by atoms with Gasteiger partial charge in [0.15, 0.2) is 0 Å². The zero-order valence-corrected chi connectivity index (χ0v) is 7.81. The summed E-state index contributed by atoms with van der Waals surface area (Å²) in [5, 5.41) is 0. The van der Waals surface area contributed by atoms with Crippen LogP contribution in [-0.2, 0) is 7.05 Å². The summed E-state index contributed by atoms with van der Waals surface area (Å²) in [6.45, 7) is 0. The molecule has 70 valence electrons. The van der Waals surface area contributed by atoms with Crippen molar-refractivity contribution in [2.45, 2.75) is 0 Å². The number of hydrogen-bond donors (Lipinski definition) is 1. The van der Waals surface area contributed by atoms with Crippen molar-refractivity contribution in [2.24, 2.45) is 7.05 Å². The Kier molecular flexibility index (Phi) is 1.21. The summed E-state index contributed by atoms with van der Waals surface area (Å²) < 4.78 is 3.89. The average molecular weight is 186 g/mol. The smallest absolute Gasteiger partial charge is 0.138 e. The monoisotopic (exact) mass is 186 g/mol. The van der Waals surface area contributed by atoms with Crippen molar-refractivity contribution in [1.29, 1.82) is 0 Å². The van der Waals surface area contributed by atoms with E-state index in [0.717, 1.165) is 22.5 Å². The van der Waals surface area contributed by atoms with Crippen molar-refractivity contribution < 1.29 is 0 Å². The number of imidazole rings is 1. The van der Waals surface area contributed by atoms with Gasteiger partial charge in [0.2, 0.25) is 0 Å². The van der Waals surface area contributed by atoms with Crippen LogP contribution >= 0.6 is 0 Å². The number of rotatable bonds is 0. The first-order chi connectivity index (χ1) is 6.77. The maximum absolute atomic E-state index is 5.95. The third-order valence-electron chi connectivity index (χ3n) is 2.50. The molecule has 0 aliphatic heterocycles. The SMILES string of the molecule is Cn1cc2nc3ccccn3c2c1N. The molecule has 2 N–H and O–H groups in total. The number of nitrogens with zero attached hydrogens (tertiary/aromatic N) is 3. The van der Waals surface area contributed by atoms with Crippen molar-refractivity contribution in [3.8, 4) is 0 Å². The van der Waals surface area contributed by atoms with Crippen LogP contribution in [-0.4, -0.2) is 14.0 Å². The number of aromatic nitrogens is 3. The molecule has 0 saturated heterocycles. The van der Waals surface area contributed by atoms with Crippen LogP contribution in [0.2, 0.25) is 0 Å². The first kappa shape index (κ1) is 7.44. The number of pyridine rings is 1. The number of aryl methyl sites for hydroxylation is 1. The first-order valence-electron chi connectivity index (χ1n) is 4.45. The largest absolute Gasteiger partial charge is 0.383 e. The van der Waals surface area contributed by atoms with Crippen LogP contribution in [0.4, 0.5) is 5.82 Å². The Balaban J connectivity index is 2.62. The zero-order valence-electron chi connectivity index (χ0n) is 7.81. The Hall–Kier alpha value is -1.97. The Labute approximate surface area is 80.6 Å². The maximum Gasteiger partial charge on any atom is 0.138 e. The van der Waals surface area contributed by atoms with Gasteiger partial charge in [-0.2, -0.15) is 0 Å². The standard InChI is InChI=1S/C10H10N4/c1-13-6-7-9(10(13)11)14-5-3-2-4-8(14)12-7/h2-6H,11H2,1H3. The number of nitrogen functional groups attached to an aromatic ring is 1. The van der Waals surface area contributed by atoms with Gasteiger partial charge in [-0.3, -0.25) is 4.40 Å². The fourth-order valence-electron chi connectivity index (χ4n) is 1.78. The molecule has 0 atom stereocenters. The minimum Gasteiger partial charge on any atom is -0.383 e. The second kappa shape index (κ2) is 2.29. The fourth-order valence-corrected chi connectivity index (χ4v) is 1.78. The Morgan fingerprint density at radius 1 is 1.36 bits per heavy atom. The quantitative estimate of drug-likeness (QED) is 0.577. The van der Waals surface area contributed by atoms with Crippen LogP contribution in [0.1, 0.15) is 0 Å². The summed E-state index contributed by atoms with van der Waals surface area (Å²) in [7, 11) is 1.92. The third-order valence-corrected chi connectivity index (χ3v) is 2.50. The van der Waals surface area contributed by atoms with Gasteiger partial charge in [-0.25, -0.2) is 4.98 Å². The maximum atomic E-state index is 5.95. The van der Waals surface area contributed by atoms with Crippen LogP contribution in [0.5, 0.6) is 0 Å². The van der Waals surface area contributed by atoms with Crippen molar-refractivity contribution in [1.82, 2.24) is 14.0 Å². The Bertz CT molecular complexity index is 617. The van der Waals surface area contributed by atoms with E-state index in [-0.39, 0.29) is 0 Å². The molecule has 0 spiro atoms. The van der Waals surface area contributed by atoms with Gasteiger partial charge < -0.3 is 10.3 Å². The van der Waals surface area contributed by atoms with E-state index in [9.17, 15) is 0 Å². The van der Waals surface area contributed by atoms with Crippen LogP contribution in [0.3, 0.4) is 0 Å². The highest BCUT2D eigenvalue weighted by molar-refractivity contribution is 5.90. The van der Waals surface area contributed by atoms with E-state index >= 15 is 0 Å². The molecule has 0 saturated carbocycles. The summed E-state index contributed by atoms with van der Waals surface area (Å²) in [5.74, 6) is 0.749. The van der Waals surface area contributed by atoms with E-state index in [1.165, 1.54) is 0 Å². The molecule has 4 heteroatoms. The highest BCUT2D eigenvalue weighted by Gasteiger charge is 2.09. The summed E-state index contributed by atoms with van der Waals surface area (Å²) >= 11 is 0. The van der Waals surface area contributed by atoms with E-state index in [1.807, 2.05) is 46.6 Å². The van der Waals surface area contributed by atoms with Crippen LogP contribution < -0.4 is 5.73 Å². The lowest BCUT2D eigenvalue weighted by Gasteiger charge is -1.97. The van der Waals surface area contributed by atoms with Gasteiger partial charge in [-0.05, 0) is 12.1 Å². The van der Waals surface area contributed by atoms with Crippen LogP contribution in [0, 0.1) is 0 Å². The second-order valence-electron chi connectivity index (χ2n) is 3.40. The molecule has 0 aromatic carbocycles. The molecular formula is C10H10N4. The predicted molar refractivity (Wildman–Crippen MR) is 56.1 cm³/mol. The molecule has 3 heterocycles. The number of hydrogen-bond acceptors (Lipinski definition) is 2. The minimum absolute atomic E-state index is 0.749. The summed E-state index contributed by atoms with van der Waals surface area (Å²) in [5.41, 5.74) is 8.82. The normalized spacial score (nSPS) is 11.5. The van der Waals surface area contributed by atoms with Gasteiger partial charge >= 0.3 is 0 Å². The van der Waals surface area contributed by atoms with Gasteiger partial charge in [0.1, 0.15) is 22.5 Å². The van der Waals surface area contributed by atoms with E-state index in [0.29, 0.717) is 0 Å². The Morgan fingerprint density at radius 2 is 2.21 bits per heavy atom. The molecule has 3 aromatic rings. The molecular weight excluding hydrogens is 176 g/mol. The zero-order chi connectivity index (χ0) is 9.71. The molecule has 0 radical (unpaired) electrons. The second-order valence-corrected chi connectivity index (χ2v) is 3.40. The van der Waals surface area contributed by atoms with Crippen LogP contribution in [0.15, 0.2) is 30.6 Å². The molecule has 0 aliphatic rings. The van der Waals surface area contributed by atoms with Crippen molar-refractivity contribution >= 4 is 22.5 Å². The van der Waals surface area contributed by atoms with Gasteiger partial charge in [0.05, 0.1) is 0 Å². The lowest BCUT2D eigenvalue weighted by atomic mass is 10.4. The summed E-state index contributed by atoms with van der Waals surface area (Å²) in [6, 6.07) is 5.91.